The van der Waals surface area contributed by atoms with Gasteiger partial charge in [0.2, 0.25) is 0 Å². The van der Waals surface area contributed by atoms with Crippen molar-refractivity contribution in [3.05, 3.63) is 53.6 Å². The Morgan fingerprint density at radius 3 is 1.75 bits per heavy atom. The molecule has 16 heavy (non-hydrogen) atoms. The molecule has 82 valence electrons. The van der Waals surface area contributed by atoms with Crippen LogP contribution in [0.2, 0.25) is 0 Å². The summed E-state index contributed by atoms with van der Waals surface area (Å²) in [5.41, 5.74) is 5.69. The van der Waals surface area contributed by atoms with Crippen LogP contribution in [0.3, 0.4) is 0 Å². The molecule has 0 atom stereocenters. The summed E-state index contributed by atoms with van der Waals surface area (Å²) in [6.07, 6.45) is 0. The van der Waals surface area contributed by atoms with Gasteiger partial charge in [-0.15, -0.1) is 0 Å². The molecule has 0 radical (unpaired) electrons. The first-order valence-electron chi connectivity index (χ1n) is 5.43. The average molecular weight is 212 g/mol. The van der Waals surface area contributed by atoms with E-state index < -0.39 is 0 Å². The van der Waals surface area contributed by atoms with Gasteiger partial charge in [0.05, 0.1) is 7.11 Å². The van der Waals surface area contributed by atoms with Gasteiger partial charge in [-0.2, -0.15) is 0 Å². The maximum absolute atomic E-state index is 4.97. The van der Waals surface area contributed by atoms with Gasteiger partial charge in [-0.3, -0.25) is 0 Å². The first kappa shape index (κ1) is 10.7. The van der Waals surface area contributed by atoms with Crippen molar-refractivity contribution in [2.45, 2.75) is 13.8 Å². The van der Waals surface area contributed by atoms with E-state index >= 15 is 0 Å². The molecule has 0 saturated heterocycles. The van der Waals surface area contributed by atoms with Crippen molar-refractivity contribution >= 4 is 0 Å². The molecule has 0 N–H and O–H groups in total. The van der Waals surface area contributed by atoms with Crippen molar-refractivity contribution in [1.82, 2.24) is 0 Å². The zero-order valence-corrected chi connectivity index (χ0v) is 9.95. The second-order valence-corrected chi connectivity index (χ2v) is 4.00. The summed E-state index contributed by atoms with van der Waals surface area (Å²) in [7, 11) is 1.67. The molecule has 1 nitrogen and oxygen atoms in total. The van der Waals surface area contributed by atoms with Crippen LogP contribution in [0, 0.1) is 13.8 Å². The first-order chi connectivity index (χ1) is 7.72. The van der Waals surface area contributed by atoms with Crippen LogP contribution in [-0.4, -0.2) is 7.11 Å². The number of aryl methyl sites for hydroxylation is 2. The summed E-state index contributed by atoms with van der Waals surface area (Å²) in [6.45, 7) is 4.21. The molecule has 0 amide bonds. The fraction of sp³-hybridized carbons (Fsp3) is 0.200. The highest BCUT2D eigenvalue weighted by Gasteiger charge is 2.17. The van der Waals surface area contributed by atoms with Crippen LogP contribution in [0.5, 0.6) is 5.75 Å². The molecule has 0 aromatic heterocycles. The molecule has 0 unspecified atom stereocenters. The van der Waals surface area contributed by atoms with Gasteiger partial charge in [0.25, 0.3) is 0 Å². The summed E-state index contributed by atoms with van der Waals surface area (Å²) >= 11 is 0. The number of hydrogen-bond donors (Lipinski definition) is 0. The minimum Gasteiger partial charge on any atom is -0.497 e. The second-order valence-electron chi connectivity index (χ2n) is 4.00. The summed E-state index contributed by atoms with van der Waals surface area (Å²) in [5.74, 6) is 0.917. The van der Waals surface area contributed by atoms with Crippen LogP contribution in [0.4, 0.5) is 0 Å². The van der Waals surface area contributed by atoms with Crippen molar-refractivity contribution in [2.24, 2.45) is 0 Å². The van der Waals surface area contributed by atoms with Crippen LogP contribution in [0.15, 0.2) is 42.5 Å². The van der Waals surface area contributed by atoms with Gasteiger partial charge >= 0.3 is 0 Å². The topological polar surface area (TPSA) is 9.23 Å². The third-order valence-corrected chi connectivity index (χ3v) is 2.82. The van der Waals surface area contributed by atoms with Crippen molar-refractivity contribution in [3.8, 4) is 16.9 Å². The van der Waals surface area contributed by atoms with E-state index in [1.165, 1.54) is 22.3 Å². The maximum atomic E-state index is 4.97. The van der Waals surface area contributed by atoms with Gasteiger partial charge in [0, 0.05) is 0 Å². The van der Waals surface area contributed by atoms with Gasteiger partial charge in [-0.1, -0.05) is 35.9 Å². The number of hydrogen-bond acceptors (Lipinski definition) is 1. The van der Waals surface area contributed by atoms with Crippen LogP contribution in [0.1, 0.15) is 11.1 Å². The number of methoxy groups -OCH3 is 1. The minimum absolute atomic E-state index is 0.917. The highest BCUT2D eigenvalue weighted by molar-refractivity contribution is 5.88. The Morgan fingerprint density at radius 1 is 0.812 bits per heavy atom. The van der Waals surface area contributed by atoms with Gasteiger partial charge in [-0.05, 0) is 42.7 Å². The van der Waals surface area contributed by atoms with Gasteiger partial charge in [0.15, 0.2) is 0 Å². The molecule has 0 saturated carbocycles. The summed E-state index contributed by atoms with van der Waals surface area (Å²) in [6, 6.07) is 14.4. The molecule has 0 bridgehead atoms. The fourth-order valence-electron chi connectivity index (χ4n) is 1.67. The van der Waals surface area contributed by atoms with Crippen molar-refractivity contribution in [2.75, 3.05) is 7.11 Å². The molecule has 1 aromatic rings. The summed E-state index contributed by atoms with van der Waals surface area (Å²) in [5, 5.41) is 0. The van der Waals surface area contributed by atoms with Crippen LogP contribution in [-0.2, 0) is 0 Å². The van der Waals surface area contributed by atoms with E-state index in [4.69, 9.17) is 4.74 Å². The zero-order chi connectivity index (χ0) is 11.5. The molecular weight excluding hydrogens is 196 g/mol. The van der Waals surface area contributed by atoms with Crippen molar-refractivity contribution in [1.29, 1.82) is 0 Å². The molecule has 0 aliphatic heterocycles. The molecule has 2 aliphatic rings. The Balaban J connectivity index is 0.000000123. The third-order valence-electron chi connectivity index (χ3n) is 2.82. The Morgan fingerprint density at radius 2 is 1.38 bits per heavy atom. The van der Waals surface area contributed by atoms with E-state index in [1.54, 1.807) is 7.11 Å². The molecule has 2 aliphatic carbocycles. The highest BCUT2D eigenvalue weighted by Crippen LogP contribution is 2.40. The third kappa shape index (κ3) is 2.25. The Kier molecular flexibility index (Phi) is 2.95. The van der Waals surface area contributed by atoms with E-state index in [9.17, 15) is 0 Å². The van der Waals surface area contributed by atoms with Crippen LogP contribution >= 0.6 is 0 Å². The largest absolute Gasteiger partial charge is 0.497 e. The molecular formula is C15H16O. The SMILES string of the molecule is COc1ccc(C)cc1.Cc1c2cccc1-2. The predicted octanol–water partition coefficient (Wildman–Crippen LogP) is 3.98. The van der Waals surface area contributed by atoms with Gasteiger partial charge < -0.3 is 4.74 Å². The van der Waals surface area contributed by atoms with E-state index in [2.05, 4.69) is 32.0 Å². The molecule has 3 rings (SSSR count). The lowest BCUT2D eigenvalue weighted by molar-refractivity contribution is 0.414. The maximum Gasteiger partial charge on any atom is 0.118 e. The van der Waals surface area contributed by atoms with Gasteiger partial charge in [-0.25, -0.2) is 0 Å². The highest BCUT2D eigenvalue weighted by atomic mass is 16.5. The van der Waals surface area contributed by atoms with Gasteiger partial charge in [0.1, 0.15) is 5.75 Å². The van der Waals surface area contributed by atoms with Crippen molar-refractivity contribution in [3.63, 3.8) is 0 Å². The Labute approximate surface area is 96.7 Å². The number of fused-ring (bicyclic) bond motifs is 1. The van der Waals surface area contributed by atoms with E-state index in [-0.39, 0.29) is 0 Å². The minimum atomic E-state index is 0.917. The average Bonchev–Trinajstić information content (AvgIpc) is 2.76. The predicted molar refractivity (Wildman–Crippen MR) is 67.9 cm³/mol. The lowest BCUT2D eigenvalue weighted by atomic mass is 10.2. The molecule has 0 heterocycles. The van der Waals surface area contributed by atoms with Crippen LogP contribution < -0.4 is 4.74 Å². The smallest absolute Gasteiger partial charge is 0.118 e. The number of ether oxygens (including phenoxy) is 1. The Bertz CT molecular complexity index is 463. The standard InChI is InChI=1S/C8H10O.C7H6/c1-7-3-5-8(9-2)6-4-7;1-5-6-3-2-4-7(5)6/h3-6H,1-2H3;2-4H,1H3. The van der Waals surface area contributed by atoms with Crippen molar-refractivity contribution < 1.29 is 4.74 Å². The number of benzene rings is 2. The van der Waals surface area contributed by atoms with E-state index in [0.717, 1.165) is 5.75 Å². The monoisotopic (exact) mass is 212 g/mol. The molecule has 1 heteroatoms. The molecule has 0 fully saturated rings. The fourth-order valence-corrected chi connectivity index (χ4v) is 1.67. The lowest BCUT2D eigenvalue weighted by Gasteiger charge is -1.97. The Hall–Kier alpha value is -1.76. The van der Waals surface area contributed by atoms with E-state index in [0.29, 0.717) is 0 Å². The normalized spacial score (nSPS) is 10.2. The van der Waals surface area contributed by atoms with Crippen LogP contribution in [0.25, 0.3) is 11.1 Å². The zero-order valence-electron chi connectivity index (χ0n) is 9.95. The van der Waals surface area contributed by atoms with E-state index in [1.807, 2.05) is 24.3 Å². The molecule has 1 aromatic carbocycles. The second kappa shape index (κ2) is 4.40. The molecule has 0 spiro atoms. The summed E-state index contributed by atoms with van der Waals surface area (Å²) in [4.78, 5) is 0. The quantitative estimate of drug-likeness (QED) is 0.593. The lowest BCUT2D eigenvalue weighted by Crippen LogP contribution is -1.80. The summed E-state index contributed by atoms with van der Waals surface area (Å²) < 4.78 is 4.97. The number of rotatable bonds is 1. The first-order valence-corrected chi connectivity index (χ1v) is 5.43.